The minimum atomic E-state index is -0.430. The minimum Gasteiger partial charge on any atom is -0.453 e. The first-order valence-electron chi connectivity index (χ1n) is 7.59. The van der Waals surface area contributed by atoms with Crippen molar-refractivity contribution in [2.45, 2.75) is 39.0 Å². The number of benzene rings is 1. The van der Waals surface area contributed by atoms with E-state index in [1.54, 1.807) is 0 Å². The van der Waals surface area contributed by atoms with E-state index in [1.165, 1.54) is 13.5 Å². The van der Waals surface area contributed by atoms with Gasteiger partial charge in [-0.25, -0.2) is 9.78 Å². The van der Waals surface area contributed by atoms with Gasteiger partial charge in [-0.1, -0.05) is 6.07 Å². The van der Waals surface area contributed by atoms with Gasteiger partial charge in [0.25, 0.3) is 0 Å². The fraction of sp³-hybridized carbons (Fsp3) is 0.500. The molecule has 6 nitrogen and oxygen atoms in total. The van der Waals surface area contributed by atoms with Crippen molar-refractivity contribution in [2.24, 2.45) is 0 Å². The van der Waals surface area contributed by atoms with Crippen LogP contribution < -0.4 is 5.32 Å². The molecule has 0 aliphatic carbocycles. The van der Waals surface area contributed by atoms with Crippen LogP contribution in [0.1, 0.15) is 36.6 Å². The molecular weight excluding hydrogens is 282 g/mol. The number of fused-ring (bicyclic) bond motifs is 1. The van der Waals surface area contributed by atoms with Crippen LogP contribution in [0.3, 0.4) is 0 Å². The molecule has 2 aromatic rings. The summed E-state index contributed by atoms with van der Waals surface area (Å²) in [6, 6.07) is 4.07. The zero-order valence-corrected chi connectivity index (χ0v) is 13.0. The third-order valence-corrected chi connectivity index (χ3v) is 4.19. The molecule has 1 aliphatic heterocycles. The minimum absolute atomic E-state index is 0.0807. The van der Waals surface area contributed by atoms with Crippen molar-refractivity contribution in [2.75, 3.05) is 13.7 Å². The summed E-state index contributed by atoms with van der Waals surface area (Å²) in [4.78, 5) is 15.7. The zero-order chi connectivity index (χ0) is 15.5. The quantitative estimate of drug-likeness (QED) is 0.947. The van der Waals surface area contributed by atoms with Gasteiger partial charge in [0.15, 0.2) is 0 Å². The first kappa shape index (κ1) is 14.8. The fourth-order valence-corrected chi connectivity index (χ4v) is 2.88. The lowest BCUT2D eigenvalue weighted by molar-refractivity contribution is -0.0295. The molecule has 1 aromatic heterocycles. The number of carbonyl (C=O) groups is 1. The number of aryl methyl sites for hydroxylation is 1. The molecule has 0 saturated carbocycles. The highest BCUT2D eigenvalue weighted by atomic mass is 16.5. The molecule has 1 amide bonds. The van der Waals surface area contributed by atoms with E-state index in [1.807, 2.05) is 25.4 Å². The molecule has 118 valence electrons. The number of ether oxygens (including phenoxy) is 2. The second kappa shape index (κ2) is 6.36. The van der Waals surface area contributed by atoms with Gasteiger partial charge in [-0.05, 0) is 43.4 Å². The molecule has 1 unspecified atom stereocenters. The Hall–Kier alpha value is -2.08. The van der Waals surface area contributed by atoms with Gasteiger partial charge in [0.2, 0.25) is 0 Å². The number of rotatable bonds is 3. The van der Waals surface area contributed by atoms with Gasteiger partial charge in [0.1, 0.15) is 6.23 Å². The van der Waals surface area contributed by atoms with Crippen LogP contribution in [0.15, 0.2) is 18.5 Å². The van der Waals surface area contributed by atoms with Crippen molar-refractivity contribution in [3.8, 4) is 0 Å². The molecular formula is C16H21N3O3. The molecule has 1 atom stereocenters. The summed E-state index contributed by atoms with van der Waals surface area (Å²) < 4.78 is 12.6. The second-order valence-electron chi connectivity index (χ2n) is 5.54. The lowest BCUT2D eigenvalue weighted by Crippen LogP contribution is -2.22. The summed E-state index contributed by atoms with van der Waals surface area (Å²) in [7, 11) is 1.36. The molecule has 1 saturated heterocycles. The predicted octanol–water partition coefficient (Wildman–Crippen LogP) is 2.90. The van der Waals surface area contributed by atoms with Crippen molar-refractivity contribution in [1.82, 2.24) is 14.9 Å². The summed E-state index contributed by atoms with van der Waals surface area (Å²) in [5, 5.41) is 2.70. The molecule has 0 radical (unpaired) electrons. The van der Waals surface area contributed by atoms with Crippen LogP contribution in [0.4, 0.5) is 4.79 Å². The first-order chi connectivity index (χ1) is 10.7. The Morgan fingerprint density at radius 3 is 3.09 bits per heavy atom. The SMILES string of the molecule is COC(=O)NCc1ccc2c(ncn2C2CCCCO2)c1C. The summed E-state index contributed by atoms with van der Waals surface area (Å²) in [5.41, 5.74) is 4.14. The largest absolute Gasteiger partial charge is 0.453 e. The second-order valence-corrected chi connectivity index (χ2v) is 5.54. The molecule has 0 bridgehead atoms. The van der Waals surface area contributed by atoms with Crippen molar-refractivity contribution < 1.29 is 14.3 Å². The summed E-state index contributed by atoms with van der Waals surface area (Å²) in [6.45, 7) is 3.27. The summed E-state index contributed by atoms with van der Waals surface area (Å²) in [6.07, 6.45) is 4.84. The molecule has 2 heterocycles. The monoisotopic (exact) mass is 303 g/mol. The maximum atomic E-state index is 11.2. The Labute approximate surface area is 129 Å². The van der Waals surface area contributed by atoms with Crippen LogP contribution in [0.2, 0.25) is 0 Å². The lowest BCUT2D eigenvalue weighted by atomic mass is 10.1. The molecule has 3 rings (SSSR count). The number of nitrogens with one attached hydrogen (secondary N) is 1. The van der Waals surface area contributed by atoms with Gasteiger partial charge in [-0.2, -0.15) is 0 Å². The standard InChI is InChI=1S/C16H21N3O3/c1-11-12(9-17-16(20)21-2)6-7-13-15(11)18-10-19(13)14-5-3-4-8-22-14/h6-7,10,14H,3-5,8-9H2,1-2H3,(H,17,20). The number of aromatic nitrogens is 2. The highest BCUT2D eigenvalue weighted by Crippen LogP contribution is 2.28. The lowest BCUT2D eigenvalue weighted by Gasteiger charge is -2.24. The van der Waals surface area contributed by atoms with Crippen LogP contribution in [-0.4, -0.2) is 29.4 Å². The molecule has 1 fully saturated rings. The fourth-order valence-electron chi connectivity index (χ4n) is 2.88. The van der Waals surface area contributed by atoms with E-state index < -0.39 is 6.09 Å². The predicted molar refractivity (Wildman–Crippen MR) is 82.6 cm³/mol. The zero-order valence-electron chi connectivity index (χ0n) is 13.0. The third kappa shape index (κ3) is 2.78. The molecule has 0 spiro atoms. The van der Waals surface area contributed by atoms with Crippen LogP contribution in [0.25, 0.3) is 11.0 Å². The van der Waals surface area contributed by atoms with E-state index in [0.717, 1.165) is 41.6 Å². The van der Waals surface area contributed by atoms with Crippen LogP contribution in [0.5, 0.6) is 0 Å². The number of nitrogens with zero attached hydrogens (tertiary/aromatic N) is 2. The Kier molecular flexibility index (Phi) is 4.29. The number of alkyl carbamates (subject to hydrolysis) is 1. The third-order valence-electron chi connectivity index (χ3n) is 4.19. The topological polar surface area (TPSA) is 65.4 Å². The summed E-state index contributed by atoms with van der Waals surface area (Å²) >= 11 is 0. The first-order valence-corrected chi connectivity index (χ1v) is 7.59. The van der Waals surface area contributed by atoms with Crippen molar-refractivity contribution in [3.05, 3.63) is 29.6 Å². The van der Waals surface area contributed by atoms with Gasteiger partial charge in [0, 0.05) is 13.2 Å². The highest BCUT2D eigenvalue weighted by Gasteiger charge is 2.19. The van der Waals surface area contributed by atoms with Gasteiger partial charge >= 0.3 is 6.09 Å². The Morgan fingerprint density at radius 2 is 2.36 bits per heavy atom. The summed E-state index contributed by atoms with van der Waals surface area (Å²) in [5.74, 6) is 0. The van der Waals surface area contributed by atoms with E-state index in [2.05, 4.69) is 19.6 Å². The Morgan fingerprint density at radius 1 is 1.50 bits per heavy atom. The van der Waals surface area contributed by atoms with E-state index in [9.17, 15) is 4.79 Å². The maximum absolute atomic E-state index is 11.2. The molecule has 1 aliphatic rings. The smallest absolute Gasteiger partial charge is 0.407 e. The van der Waals surface area contributed by atoms with Gasteiger partial charge < -0.3 is 19.4 Å². The number of carbonyl (C=O) groups excluding carboxylic acids is 1. The number of hydrogen-bond donors (Lipinski definition) is 1. The van der Waals surface area contributed by atoms with E-state index in [-0.39, 0.29) is 6.23 Å². The number of methoxy groups -OCH3 is 1. The van der Waals surface area contributed by atoms with Crippen molar-refractivity contribution in [1.29, 1.82) is 0 Å². The normalized spacial score (nSPS) is 18.4. The number of hydrogen-bond acceptors (Lipinski definition) is 4. The molecule has 1 aromatic carbocycles. The highest BCUT2D eigenvalue weighted by molar-refractivity contribution is 5.80. The average molecular weight is 303 g/mol. The molecule has 6 heteroatoms. The molecule has 1 N–H and O–H groups in total. The van der Waals surface area contributed by atoms with Crippen LogP contribution in [-0.2, 0) is 16.0 Å². The van der Waals surface area contributed by atoms with Crippen molar-refractivity contribution >= 4 is 17.1 Å². The Balaban J connectivity index is 1.87. The van der Waals surface area contributed by atoms with E-state index >= 15 is 0 Å². The van der Waals surface area contributed by atoms with Crippen molar-refractivity contribution in [3.63, 3.8) is 0 Å². The van der Waals surface area contributed by atoms with Gasteiger partial charge in [0.05, 0.1) is 24.5 Å². The molecule has 22 heavy (non-hydrogen) atoms. The van der Waals surface area contributed by atoms with Crippen LogP contribution in [0, 0.1) is 6.92 Å². The number of amides is 1. The van der Waals surface area contributed by atoms with E-state index in [4.69, 9.17) is 4.74 Å². The maximum Gasteiger partial charge on any atom is 0.407 e. The average Bonchev–Trinajstić information content (AvgIpc) is 2.99. The van der Waals surface area contributed by atoms with Gasteiger partial charge in [-0.3, -0.25) is 0 Å². The van der Waals surface area contributed by atoms with Crippen LogP contribution >= 0.6 is 0 Å². The Bertz CT molecular complexity index is 675. The van der Waals surface area contributed by atoms with E-state index in [0.29, 0.717) is 6.54 Å². The number of imidazole rings is 1. The van der Waals surface area contributed by atoms with Gasteiger partial charge in [-0.15, -0.1) is 0 Å².